The molecule has 0 aliphatic heterocycles. The van der Waals surface area contributed by atoms with Gasteiger partial charge >= 0.3 is 0 Å². The molecule has 0 atom stereocenters. The van der Waals surface area contributed by atoms with Crippen molar-refractivity contribution in [3.63, 3.8) is 0 Å². The fraction of sp³-hybridized carbons (Fsp3) is 0.250. The molecule has 4 nitrogen and oxygen atoms in total. The van der Waals surface area contributed by atoms with Crippen molar-refractivity contribution >= 4 is 0 Å². The number of nitrogens with zero attached hydrogens (tertiary/aromatic N) is 1. The normalized spacial score (nSPS) is 10.8. The molecule has 1 heterocycles. The van der Waals surface area contributed by atoms with Crippen LogP contribution in [0.4, 0.5) is 4.39 Å². The lowest BCUT2D eigenvalue weighted by Gasteiger charge is -2.00. The molecule has 1 aromatic carbocycles. The summed E-state index contributed by atoms with van der Waals surface area (Å²) >= 11 is 0. The summed E-state index contributed by atoms with van der Waals surface area (Å²) in [5, 5.41) is 5.92. The van der Waals surface area contributed by atoms with E-state index in [0.29, 0.717) is 17.8 Å². The van der Waals surface area contributed by atoms with Crippen molar-refractivity contribution < 1.29 is 4.39 Å². The van der Waals surface area contributed by atoms with Crippen LogP contribution in [0.1, 0.15) is 11.3 Å². The molecule has 0 unspecified atom stereocenters. The average Bonchev–Trinajstić information content (AvgIpc) is 2.59. The quantitative estimate of drug-likeness (QED) is 0.843. The molecule has 0 aliphatic rings. The number of aromatic nitrogens is 2. The van der Waals surface area contributed by atoms with E-state index in [0.717, 1.165) is 5.69 Å². The Labute approximate surface area is 98.1 Å². The van der Waals surface area contributed by atoms with Gasteiger partial charge in [0, 0.05) is 12.2 Å². The fourth-order valence-corrected chi connectivity index (χ4v) is 1.74. The second kappa shape index (κ2) is 4.55. The summed E-state index contributed by atoms with van der Waals surface area (Å²) < 4.78 is 14.2. The van der Waals surface area contributed by atoms with E-state index in [4.69, 9.17) is 0 Å². The van der Waals surface area contributed by atoms with Crippen molar-refractivity contribution in [3.05, 3.63) is 51.7 Å². The van der Waals surface area contributed by atoms with E-state index in [1.807, 2.05) is 6.92 Å². The predicted molar refractivity (Wildman–Crippen MR) is 63.8 cm³/mol. The van der Waals surface area contributed by atoms with E-state index < -0.39 is 0 Å². The van der Waals surface area contributed by atoms with Crippen LogP contribution >= 0.6 is 0 Å². The Morgan fingerprint density at radius 2 is 2.00 bits per heavy atom. The van der Waals surface area contributed by atoms with Crippen LogP contribution in [-0.2, 0) is 6.54 Å². The lowest BCUT2D eigenvalue weighted by molar-refractivity contribution is 0.627. The molecule has 0 saturated carbocycles. The third-order valence-corrected chi connectivity index (χ3v) is 2.63. The summed E-state index contributed by atoms with van der Waals surface area (Å²) in [6, 6.07) is 5.79. The lowest BCUT2D eigenvalue weighted by atomic mass is 10.2. The highest BCUT2D eigenvalue weighted by Crippen LogP contribution is 2.08. The Hall–Kier alpha value is -1.88. The molecule has 17 heavy (non-hydrogen) atoms. The Morgan fingerprint density at radius 3 is 2.59 bits per heavy atom. The summed E-state index contributed by atoms with van der Waals surface area (Å²) in [5.41, 5.74) is 2.02. The van der Waals surface area contributed by atoms with Gasteiger partial charge in [0.2, 0.25) is 0 Å². The maximum Gasteiger partial charge on any atom is 0.275 e. The molecule has 2 aromatic rings. The molecule has 0 fully saturated rings. The number of rotatable bonds is 3. The molecule has 5 heteroatoms. The Kier molecular flexibility index (Phi) is 3.10. The van der Waals surface area contributed by atoms with Gasteiger partial charge in [0.1, 0.15) is 5.82 Å². The average molecular weight is 235 g/mol. The zero-order valence-electron chi connectivity index (χ0n) is 9.75. The van der Waals surface area contributed by atoms with E-state index in [2.05, 4.69) is 10.4 Å². The summed E-state index contributed by atoms with van der Waals surface area (Å²) in [6.45, 7) is 2.35. The van der Waals surface area contributed by atoms with Crippen LogP contribution in [0.3, 0.4) is 0 Å². The third kappa shape index (κ3) is 2.14. The topological polar surface area (TPSA) is 49.8 Å². The number of aryl methyl sites for hydroxylation is 1. The van der Waals surface area contributed by atoms with Crippen LogP contribution in [0.15, 0.2) is 29.1 Å². The van der Waals surface area contributed by atoms with Gasteiger partial charge in [-0.05, 0) is 38.2 Å². The van der Waals surface area contributed by atoms with Gasteiger partial charge in [0.15, 0.2) is 0 Å². The molecule has 0 radical (unpaired) electrons. The molecule has 2 rings (SSSR count). The maximum atomic E-state index is 12.8. The van der Waals surface area contributed by atoms with Gasteiger partial charge in [0.05, 0.1) is 11.3 Å². The minimum Gasteiger partial charge on any atom is -0.315 e. The Morgan fingerprint density at radius 1 is 1.35 bits per heavy atom. The fourth-order valence-electron chi connectivity index (χ4n) is 1.74. The predicted octanol–water partition coefficient (Wildman–Crippen LogP) is 1.33. The SMILES string of the molecule is CNCc1c(C)[nH]n(-c2ccc(F)cc2)c1=O. The van der Waals surface area contributed by atoms with Crippen LogP contribution < -0.4 is 10.9 Å². The van der Waals surface area contributed by atoms with E-state index in [1.54, 1.807) is 19.2 Å². The second-order valence-electron chi connectivity index (χ2n) is 3.86. The van der Waals surface area contributed by atoms with Crippen LogP contribution in [-0.4, -0.2) is 16.8 Å². The second-order valence-corrected chi connectivity index (χ2v) is 3.86. The molecular weight excluding hydrogens is 221 g/mol. The van der Waals surface area contributed by atoms with Gasteiger partial charge in [-0.3, -0.25) is 9.89 Å². The van der Waals surface area contributed by atoms with Gasteiger partial charge in [-0.1, -0.05) is 0 Å². The minimum atomic E-state index is -0.319. The van der Waals surface area contributed by atoms with Gasteiger partial charge in [0.25, 0.3) is 5.56 Å². The number of benzene rings is 1. The van der Waals surface area contributed by atoms with Crippen molar-refractivity contribution in [2.75, 3.05) is 7.05 Å². The van der Waals surface area contributed by atoms with Crippen molar-refractivity contribution in [3.8, 4) is 5.69 Å². The number of hydrogen-bond acceptors (Lipinski definition) is 2. The first-order valence-electron chi connectivity index (χ1n) is 5.34. The molecule has 1 aromatic heterocycles. The van der Waals surface area contributed by atoms with Gasteiger partial charge in [-0.15, -0.1) is 0 Å². The first-order chi connectivity index (χ1) is 8.13. The minimum absolute atomic E-state index is 0.108. The van der Waals surface area contributed by atoms with Crippen molar-refractivity contribution in [1.29, 1.82) is 0 Å². The maximum absolute atomic E-state index is 12.8. The Bertz CT molecular complexity index is 568. The summed E-state index contributed by atoms with van der Waals surface area (Å²) in [7, 11) is 1.79. The first kappa shape index (κ1) is 11.6. The van der Waals surface area contributed by atoms with Crippen molar-refractivity contribution in [2.24, 2.45) is 0 Å². The smallest absolute Gasteiger partial charge is 0.275 e. The zero-order valence-corrected chi connectivity index (χ0v) is 9.75. The molecule has 0 saturated heterocycles. The van der Waals surface area contributed by atoms with Crippen LogP contribution in [0.5, 0.6) is 0 Å². The number of nitrogens with one attached hydrogen (secondary N) is 2. The standard InChI is InChI=1S/C12H14FN3O/c1-8-11(7-14-2)12(17)16(15-8)10-5-3-9(13)4-6-10/h3-6,14-15H,7H2,1-2H3. The lowest BCUT2D eigenvalue weighted by Crippen LogP contribution is -2.20. The monoisotopic (exact) mass is 235 g/mol. The van der Waals surface area contributed by atoms with Crippen LogP contribution in [0.2, 0.25) is 0 Å². The van der Waals surface area contributed by atoms with Crippen molar-refractivity contribution in [1.82, 2.24) is 15.1 Å². The third-order valence-electron chi connectivity index (χ3n) is 2.63. The summed E-state index contributed by atoms with van der Waals surface area (Å²) in [6.07, 6.45) is 0. The van der Waals surface area contributed by atoms with Gasteiger partial charge in [-0.2, -0.15) is 0 Å². The first-order valence-corrected chi connectivity index (χ1v) is 5.34. The highest BCUT2D eigenvalue weighted by Gasteiger charge is 2.11. The molecular formula is C12H14FN3O. The van der Waals surface area contributed by atoms with E-state index in [-0.39, 0.29) is 11.4 Å². The van der Waals surface area contributed by atoms with Gasteiger partial charge in [-0.25, -0.2) is 9.07 Å². The largest absolute Gasteiger partial charge is 0.315 e. The highest BCUT2D eigenvalue weighted by atomic mass is 19.1. The van der Waals surface area contributed by atoms with E-state index >= 15 is 0 Å². The Balaban J connectivity index is 2.50. The number of H-pyrrole nitrogens is 1. The van der Waals surface area contributed by atoms with Crippen molar-refractivity contribution in [2.45, 2.75) is 13.5 Å². The van der Waals surface area contributed by atoms with Gasteiger partial charge < -0.3 is 5.32 Å². The summed E-state index contributed by atoms with van der Waals surface area (Å²) in [5.74, 6) is -0.319. The number of halogens is 1. The number of aromatic amines is 1. The molecule has 2 N–H and O–H groups in total. The zero-order chi connectivity index (χ0) is 12.4. The van der Waals surface area contributed by atoms with Crippen LogP contribution in [0, 0.1) is 12.7 Å². The summed E-state index contributed by atoms with van der Waals surface area (Å²) in [4.78, 5) is 12.1. The highest BCUT2D eigenvalue weighted by molar-refractivity contribution is 5.33. The van der Waals surface area contributed by atoms with Crippen LogP contribution in [0.25, 0.3) is 5.69 Å². The molecule has 0 aliphatic carbocycles. The van der Waals surface area contributed by atoms with E-state index in [9.17, 15) is 9.18 Å². The number of hydrogen-bond donors (Lipinski definition) is 2. The molecule has 90 valence electrons. The molecule has 0 spiro atoms. The molecule has 0 amide bonds. The molecule has 0 bridgehead atoms. The van der Waals surface area contributed by atoms with E-state index in [1.165, 1.54) is 16.8 Å².